The topological polar surface area (TPSA) is 58.8 Å². The molecule has 0 aromatic heterocycles. The molecule has 0 atom stereocenters. The molecular formula is C18H18F3N3O2. The van der Waals surface area contributed by atoms with Crippen LogP contribution in [0.25, 0.3) is 0 Å². The summed E-state index contributed by atoms with van der Waals surface area (Å²) in [6, 6.07) is 13.2. The SMILES string of the molecule is Nc1cc(N2CCN(C(=O)c3ccccc3)CC2)ccc1OC(F)(F)F. The number of anilines is 2. The summed E-state index contributed by atoms with van der Waals surface area (Å²) in [5, 5.41) is 0. The van der Waals surface area contributed by atoms with Gasteiger partial charge in [0, 0.05) is 37.4 Å². The molecule has 3 rings (SSSR count). The number of hydrogen-bond acceptors (Lipinski definition) is 4. The average Bonchev–Trinajstić information content (AvgIpc) is 2.63. The Morgan fingerprint density at radius 2 is 1.65 bits per heavy atom. The molecule has 1 aliphatic rings. The van der Waals surface area contributed by atoms with E-state index in [4.69, 9.17) is 5.73 Å². The molecule has 0 bridgehead atoms. The van der Waals surface area contributed by atoms with Crippen molar-refractivity contribution in [1.29, 1.82) is 0 Å². The number of alkyl halides is 3. The molecule has 0 saturated carbocycles. The molecule has 1 fully saturated rings. The fourth-order valence-electron chi connectivity index (χ4n) is 2.88. The van der Waals surface area contributed by atoms with Gasteiger partial charge in [-0.1, -0.05) is 18.2 Å². The van der Waals surface area contributed by atoms with Gasteiger partial charge in [0.1, 0.15) is 0 Å². The highest BCUT2D eigenvalue weighted by Gasteiger charge is 2.32. The molecule has 1 amide bonds. The first-order chi connectivity index (χ1) is 12.3. The number of benzene rings is 2. The number of amides is 1. The number of nitrogens with two attached hydrogens (primary N) is 1. The zero-order valence-corrected chi connectivity index (χ0v) is 13.9. The minimum Gasteiger partial charge on any atom is -0.404 e. The van der Waals surface area contributed by atoms with Crippen LogP contribution in [-0.4, -0.2) is 43.3 Å². The molecule has 2 aromatic rings. The fourth-order valence-corrected chi connectivity index (χ4v) is 2.88. The number of nitrogen functional groups attached to an aromatic ring is 1. The van der Waals surface area contributed by atoms with Crippen molar-refractivity contribution in [3.05, 3.63) is 54.1 Å². The zero-order chi connectivity index (χ0) is 18.7. The third kappa shape index (κ3) is 4.19. The van der Waals surface area contributed by atoms with Gasteiger partial charge in [-0.3, -0.25) is 4.79 Å². The highest BCUT2D eigenvalue weighted by molar-refractivity contribution is 5.94. The van der Waals surface area contributed by atoms with Crippen molar-refractivity contribution in [1.82, 2.24) is 4.90 Å². The van der Waals surface area contributed by atoms with Crippen LogP contribution in [0.3, 0.4) is 0 Å². The Balaban J connectivity index is 1.63. The standard InChI is InChI=1S/C18H18F3N3O2/c19-18(20,21)26-16-7-6-14(12-15(16)22)23-8-10-24(11-9-23)17(25)13-4-2-1-3-5-13/h1-7,12H,8-11,22H2. The van der Waals surface area contributed by atoms with Gasteiger partial charge in [0.15, 0.2) is 5.75 Å². The molecule has 0 radical (unpaired) electrons. The van der Waals surface area contributed by atoms with Crippen molar-refractivity contribution in [2.45, 2.75) is 6.36 Å². The minimum atomic E-state index is -4.78. The minimum absolute atomic E-state index is 0.0290. The number of carbonyl (C=O) groups is 1. The maximum atomic E-state index is 12.4. The lowest BCUT2D eigenvalue weighted by molar-refractivity contribution is -0.274. The predicted octanol–water partition coefficient (Wildman–Crippen LogP) is 3.13. The van der Waals surface area contributed by atoms with Crippen LogP contribution in [0, 0.1) is 0 Å². The predicted molar refractivity (Wildman–Crippen MR) is 92.1 cm³/mol. The lowest BCUT2D eigenvalue weighted by Gasteiger charge is -2.36. The van der Waals surface area contributed by atoms with Gasteiger partial charge in [-0.25, -0.2) is 0 Å². The van der Waals surface area contributed by atoms with Crippen molar-refractivity contribution >= 4 is 17.3 Å². The normalized spacial score (nSPS) is 15.0. The summed E-state index contributed by atoms with van der Waals surface area (Å²) in [5.74, 6) is -0.446. The number of halogens is 3. The molecule has 2 N–H and O–H groups in total. The van der Waals surface area contributed by atoms with Crippen molar-refractivity contribution < 1.29 is 22.7 Å². The van der Waals surface area contributed by atoms with Gasteiger partial charge in [-0.15, -0.1) is 13.2 Å². The molecular weight excluding hydrogens is 347 g/mol. The number of carbonyl (C=O) groups excluding carboxylic acids is 1. The number of ether oxygens (including phenoxy) is 1. The average molecular weight is 365 g/mol. The lowest BCUT2D eigenvalue weighted by Crippen LogP contribution is -2.48. The first-order valence-corrected chi connectivity index (χ1v) is 8.08. The van der Waals surface area contributed by atoms with Crippen LogP contribution >= 0.6 is 0 Å². The van der Waals surface area contributed by atoms with E-state index in [9.17, 15) is 18.0 Å². The number of nitrogens with zero attached hydrogens (tertiary/aromatic N) is 2. The summed E-state index contributed by atoms with van der Waals surface area (Å²) in [6.07, 6.45) is -4.78. The third-order valence-electron chi connectivity index (χ3n) is 4.17. The molecule has 26 heavy (non-hydrogen) atoms. The Morgan fingerprint density at radius 3 is 2.23 bits per heavy atom. The largest absolute Gasteiger partial charge is 0.573 e. The van der Waals surface area contributed by atoms with Crippen molar-refractivity contribution in [3.63, 3.8) is 0 Å². The number of rotatable bonds is 3. The van der Waals surface area contributed by atoms with Gasteiger partial charge in [0.05, 0.1) is 5.69 Å². The molecule has 138 valence electrons. The van der Waals surface area contributed by atoms with E-state index in [2.05, 4.69) is 4.74 Å². The van der Waals surface area contributed by atoms with E-state index < -0.39 is 12.1 Å². The molecule has 1 aliphatic heterocycles. The Morgan fingerprint density at radius 1 is 1.00 bits per heavy atom. The highest BCUT2D eigenvalue weighted by atomic mass is 19.4. The van der Waals surface area contributed by atoms with Gasteiger partial charge in [-0.2, -0.15) is 0 Å². The number of piperazine rings is 1. The smallest absolute Gasteiger partial charge is 0.404 e. The second-order valence-corrected chi connectivity index (χ2v) is 5.92. The van der Waals surface area contributed by atoms with Gasteiger partial charge >= 0.3 is 6.36 Å². The Hall–Kier alpha value is -2.90. The van der Waals surface area contributed by atoms with Crippen LogP contribution in [0.1, 0.15) is 10.4 Å². The van der Waals surface area contributed by atoms with Crippen LogP contribution in [0.2, 0.25) is 0 Å². The van der Waals surface area contributed by atoms with Gasteiger partial charge in [-0.05, 0) is 30.3 Å². The van der Waals surface area contributed by atoms with E-state index in [1.54, 1.807) is 17.0 Å². The molecule has 5 nitrogen and oxygen atoms in total. The molecule has 1 heterocycles. The second kappa shape index (κ2) is 7.15. The highest BCUT2D eigenvalue weighted by Crippen LogP contribution is 2.32. The maximum absolute atomic E-state index is 12.4. The number of hydrogen-bond donors (Lipinski definition) is 1. The molecule has 0 unspecified atom stereocenters. The third-order valence-corrected chi connectivity index (χ3v) is 4.17. The van der Waals surface area contributed by atoms with Gasteiger partial charge in [0.25, 0.3) is 5.91 Å². The summed E-state index contributed by atoms with van der Waals surface area (Å²) in [6.45, 7) is 2.18. The first-order valence-electron chi connectivity index (χ1n) is 8.08. The van der Waals surface area contributed by atoms with E-state index in [0.717, 1.165) is 0 Å². The summed E-state index contributed by atoms with van der Waals surface area (Å²) in [7, 11) is 0. The monoisotopic (exact) mass is 365 g/mol. The lowest BCUT2D eigenvalue weighted by atomic mass is 10.1. The van der Waals surface area contributed by atoms with E-state index in [0.29, 0.717) is 37.4 Å². The summed E-state index contributed by atoms with van der Waals surface area (Å²) in [5.41, 5.74) is 6.93. The molecule has 0 spiro atoms. The Bertz CT molecular complexity index is 773. The molecule has 2 aromatic carbocycles. The molecule has 1 saturated heterocycles. The summed E-state index contributed by atoms with van der Waals surface area (Å²) >= 11 is 0. The maximum Gasteiger partial charge on any atom is 0.573 e. The van der Waals surface area contributed by atoms with Gasteiger partial charge < -0.3 is 20.3 Å². The van der Waals surface area contributed by atoms with Crippen molar-refractivity contribution in [2.75, 3.05) is 36.8 Å². The molecule has 8 heteroatoms. The molecule has 0 aliphatic carbocycles. The van der Waals surface area contributed by atoms with Gasteiger partial charge in [0.2, 0.25) is 0 Å². The summed E-state index contributed by atoms with van der Waals surface area (Å²) in [4.78, 5) is 16.2. The van der Waals surface area contributed by atoms with Crippen molar-refractivity contribution in [3.8, 4) is 5.75 Å². The quantitative estimate of drug-likeness (QED) is 0.849. The van der Waals surface area contributed by atoms with E-state index in [1.165, 1.54) is 18.2 Å². The van der Waals surface area contributed by atoms with Crippen LogP contribution in [0.15, 0.2) is 48.5 Å². The van der Waals surface area contributed by atoms with Crippen LogP contribution in [-0.2, 0) is 0 Å². The van der Waals surface area contributed by atoms with Crippen LogP contribution in [0.5, 0.6) is 5.75 Å². The Labute approximate surface area is 148 Å². The Kier molecular flexibility index (Phi) is 4.92. The summed E-state index contributed by atoms with van der Waals surface area (Å²) < 4.78 is 40.8. The van der Waals surface area contributed by atoms with E-state index in [1.807, 2.05) is 23.1 Å². The zero-order valence-electron chi connectivity index (χ0n) is 13.9. The van der Waals surface area contributed by atoms with E-state index in [-0.39, 0.29) is 11.6 Å². The van der Waals surface area contributed by atoms with E-state index >= 15 is 0 Å². The van der Waals surface area contributed by atoms with Crippen LogP contribution < -0.4 is 15.4 Å². The van der Waals surface area contributed by atoms with Crippen LogP contribution in [0.4, 0.5) is 24.5 Å². The fraction of sp³-hybridized carbons (Fsp3) is 0.278. The van der Waals surface area contributed by atoms with Crippen molar-refractivity contribution in [2.24, 2.45) is 0 Å². The first kappa shape index (κ1) is 17.9. The second-order valence-electron chi connectivity index (χ2n) is 5.92.